The summed E-state index contributed by atoms with van der Waals surface area (Å²) in [5.74, 6) is 1.05. The van der Waals surface area contributed by atoms with Crippen LogP contribution >= 0.6 is 0 Å². The molecule has 1 N–H and O–H groups in total. The molecule has 0 bridgehead atoms. The Kier molecular flexibility index (Phi) is 3.59. The van der Waals surface area contributed by atoms with Crippen molar-refractivity contribution < 1.29 is 14.3 Å². The average Bonchev–Trinajstić information content (AvgIpc) is 3.16. The van der Waals surface area contributed by atoms with Crippen LogP contribution in [0.4, 0.5) is 5.69 Å². The molecule has 0 saturated heterocycles. The summed E-state index contributed by atoms with van der Waals surface area (Å²) < 4.78 is 12.6. The molecule has 0 radical (unpaired) electrons. The molecule has 1 aromatic heterocycles. The van der Waals surface area contributed by atoms with E-state index in [1.54, 1.807) is 29.2 Å². The molecule has 7 nitrogen and oxygen atoms in total. The van der Waals surface area contributed by atoms with Crippen molar-refractivity contribution in [2.24, 2.45) is 0 Å². The molecule has 1 aliphatic heterocycles. The lowest BCUT2D eigenvalue weighted by Crippen LogP contribution is -2.17. The van der Waals surface area contributed by atoms with E-state index in [4.69, 9.17) is 9.47 Å². The van der Waals surface area contributed by atoms with Gasteiger partial charge in [0.25, 0.3) is 5.91 Å². The van der Waals surface area contributed by atoms with E-state index >= 15 is 0 Å². The van der Waals surface area contributed by atoms with Gasteiger partial charge in [-0.05, 0) is 42.5 Å². The zero-order valence-corrected chi connectivity index (χ0v) is 12.7. The van der Waals surface area contributed by atoms with Gasteiger partial charge in [0, 0.05) is 11.3 Å². The smallest absolute Gasteiger partial charge is 0.255 e. The number of nitrogens with one attached hydrogen (secondary N) is 1. The van der Waals surface area contributed by atoms with E-state index in [1.807, 2.05) is 24.3 Å². The molecule has 2 aromatic carbocycles. The molecule has 0 spiro atoms. The summed E-state index contributed by atoms with van der Waals surface area (Å²) in [5.41, 5.74) is 2.07. The predicted octanol–water partition coefficient (Wildman–Crippen LogP) is 2.29. The van der Waals surface area contributed by atoms with Crippen LogP contribution in [0.5, 0.6) is 11.5 Å². The quantitative estimate of drug-likeness (QED) is 0.800. The van der Waals surface area contributed by atoms with Crippen LogP contribution in [0.2, 0.25) is 0 Å². The zero-order valence-electron chi connectivity index (χ0n) is 12.7. The highest BCUT2D eigenvalue weighted by atomic mass is 16.6. The number of carbonyl (C=O) groups excluding carboxylic acids is 1. The third-order valence-corrected chi connectivity index (χ3v) is 3.61. The van der Waals surface area contributed by atoms with Crippen molar-refractivity contribution >= 4 is 11.6 Å². The van der Waals surface area contributed by atoms with Gasteiger partial charge in [-0.25, -0.2) is 9.67 Å². The van der Waals surface area contributed by atoms with E-state index in [-0.39, 0.29) is 5.91 Å². The molecule has 1 amide bonds. The van der Waals surface area contributed by atoms with Crippen LogP contribution < -0.4 is 14.8 Å². The highest BCUT2D eigenvalue weighted by Crippen LogP contribution is 2.31. The number of hydrogen-bond donors (Lipinski definition) is 1. The molecule has 120 valence electrons. The minimum Gasteiger partial charge on any atom is -0.486 e. The maximum atomic E-state index is 12.4. The van der Waals surface area contributed by atoms with Crippen molar-refractivity contribution in [2.75, 3.05) is 18.5 Å². The Morgan fingerprint density at radius 3 is 2.58 bits per heavy atom. The summed E-state index contributed by atoms with van der Waals surface area (Å²) in [6, 6.07) is 12.5. The summed E-state index contributed by atoms with van der Waals surface area (Å²) in [7, 11) is 0. The standard InChI is InChI=1S/C17H14N4O3/c22-17(12-1-6-15-16(9-12)24-8-7-23-15)20-13-2-4-14(5-3-13)21-11-18-10-19-21/h1-6,9-11H,7-8H2,(H,20,22). The Bertz CT molecular complexity index is 860. The van der Waals surface area contributed by atoms with E-state index < -0.39 is 0 Å². The Balaban J connectivity index is 1.49. The molecule has 7 heteroatoms. The van der Waals surface area contributed by atoms with E-state index in [9.17, 15) is 4.79 Å². The van der Waals surface area contributed by atoms with Crippen LogP contribution in [0.25, 0.3) is 5.69 Å². The van der Waals surface area contributed by atoms with Crippen molar-refractivity contribution in [1.29, 1.82) is 0 Å². The highest BCUT2D eigenvalue weighted by molar-refractivity contribution is 6.04. The number of carbonyl (C=O) groups is 1. The summed E-state index contributed by atoms with van der Waals surface area (Å²) >= 11 is 0. The normalized spacial score (nSPS) is 12.7. The Labute approximate surface area is 137 Å². The fraction of sp³-hybridized carbons (Fsp3) is 0.118. The molecule has 4 rings (SSSR count). The largest absolute Gasteiger partial charge is 0.486 e. The van der Waals surface area contributed by atoms with Gasteiger partial charge in [-0.15, -0.1) is 0 Å². The molecule has 0 fully saturated rings. The van der Waals surface area contributed by atoms with Gasteiger partial charge < -0.3 is 14.8 Å². The number of hydrogen-bond acceptors (Lipinski definition) is 5. The van der Waals surface area contributed by atoms with Crippen molar-refractivity contribution in [1.82, 2.24) is 14.8 Å². The third-order valence-electron chi connectivity index (χ3n) is 3.61. The van der Waals surface area contributed by atoms with Crippen LogP contribution in [-0.4, -0.2) is 33.9 Å². The first-order valence-electron chi connectivity index (χ1n) is 7.46. The second-order valence-corrected chi connectivity index (χ2v) is 5.20. The van der Waals surface area contributed by atoms with Gasteiger partial charge in [0.05, 0.1) is 5.69 Å². The van der Waals surface area contributed by atoms with Crippen LogP contribution in [0.15, 0.2) is 55.1 Å². The summed E-state index contributed by atoms with van der Waals surface area (Å²) in [6.07, 6.45) is 3.08. The first-order valence-corrected chi connectivity index (χ1v) is 7.46. The second kappa shape index (κ2) is 6.04. The first kappa shape index (κ1) is 14.3. The molecule has 0 atom stereocenters. The van der Waals surface area contributed by atoms with Gasteiger partial charge in [-0.1, -0.05) is 0 Å². The molecule has 0 unspecified atom stereocenters. The predicted molar refractivity (Wildman–Crippen MR) is 86.7 cm³/mol. The minimum absolute atomic E-state index is 0.208. The molecule has 1 aliphatic rings. The maximum absolute atomic E-state index is 12.4. The monoisotopic (exact) mass is 322 g/mol. The van der Waals surface area contributed by atoms with Crippen molar-refractivity contribution in [3.8, 4) is 17.2 Å². The lowest BCUT2D eigenvalue weighted by atomic mass is 10.1. The summed E-state index contributed by atoms with van der Waals surface area (Å²) in [4.78, 5) is 16.3. The molecule has 24 heavy (non-hydrogen) atoms. The maximum Gasteiger partial charge on any atom is 0.255 e. The molecule has 0 saturated carbocycles. The molecule has 0 aliphatic carbocycles. The van der Waals surface area contributed by atoms with Crippen LogP contribution in [-0.2, 0) is 0 Å². The Morgan fingerprint density at radius 2 is 1.83 bits per heavy atom. The second-order valence-electron chi connectivity index (χ2n) is 5.20. The topological polar surface area (TPSA) is 78.3 Å². The van der Waals surface area contributed by atoms with Gasteiger partial charge in [0.15, 0.2) is 11.5 Å². The third kappa shape index (κ3) is 2.79. The number of amides is 1. The lowest BCUT2D eigenvalue weighted by molar-refractivity contribution is 0.102. The minimum atomic E-state index is -0.208. The van der Waals surface area contributed by atoms with Gasteiger partial charge >= 0.3 is 0 Å². The average molecular weight is 322 g/mol. The zero-order chi connectivity index (χ0) is 16.4. The SMILES string of the molecule is O=C(Nc1ccc(-n2cncn2)cc1)c1ccc2c(c1)OCCO2. The number of benzene rings is 2. The Morgan fingerprint density at radius 1 is 1.04 bits per heavy atom. The van der Waals surface area contributed by atoms with E-state index in [0.717, 1.165) is 5.69 Å². The van der Waals surface area contributed by atoms with Crippen LogP contribution in [0, 0.1) is 0 Å². The van der Waals surface area contributed by atoms with Crippen LogP contribution in [0.3, 0.4) is 0 Å². The van der Waals surface area contributed by atoms with E-state index in [1.165, 1.54) is 6.33 Å². The van der Waals surface area contributed by atoms with E-state index in [0.29, 0.717) is 36.0 Å². The van der Waals surface area contributed by atoms with Gasteiger partial charge in [-0.3, -0.25) is 4.79 Å². The highest BCUT2D eigenvalue weighted by Gasteiger charge is 2.15. The first-order chi connectivity index (χ1) is 11.8. The lowest BCUT2D eigenvalue weighted by Gasteiger charge is -2.18. The summed E-state index contributed by atoms with van der Waals surface area (Å²) in [5, 5.41) is 6.91. The van der Waals surface area contributed by atoms with Crippen molar-refractivity contribution in [3.05, 3.63) is 60.7 Å². The van der Waals surface area contributed by atoms with Crippen molar-refractivity contribution in [3.63, 3.8) is 0 Å². The number of ether oxygens (including phenoxy) is 2. The fourth-order valence-corrected chi connectivity index (χ4v) is 2.43. The number of anilines is 1. The van der Waals surface area contributed by atoms with Gasteiger partial charge in [0.2, 0.25) is 0 Å². The molecule has 2 heterocycles. The fourth-order valence-electron chi connectivity index (χ4n) is 2.43. The Hall–Kier alpha value is -3.35. The van der Waals surface area contributed by atoms with Crippen LogP contribution in [0.1, 0.15) is 10.4 Å². The molecular weight excluding hydrogens is 308 g/mol. The summed E-state index contributed by atoms with van der Waals surface area (Å²) in [6.45, 7) is 1.01. The molecular formula is C17H14N4O3. The van der Waals surface area contributed by atoms with E-state index in [2.05, 4.69) is 15.4 Å². The van der Waals surface area contributed by atoms with Gasteiger partial charge in [-0.2, -0.15) is 5.10 Å². The number of aromatic nitrogens is 3. The molecule has 3 aromatic rings. The van der Waals surface area contributed by atoms with Gasteiger partial charge in [0.1, 0.15) is 25.9 Å². The number of rotatable bonds is 3. The van der Waals surface area contributed by atoms with Crippen molar-refractivity contribution in [2.45, 2.75) is 0 Å². The number of nitrogens with zero attached hydrogens (tertiary/aromatic N) is 3. The number of fused-ring (bicyclic) bond motifs is 1.